The molecule has 0 bridgehead atoms. The number of aromatic nitrogens is 3. The van der Waals surface area contributed by atoms with E-state index in [1.807, 2.05) is 52.0 Å². The third-order valence-corrected chi connectivity index (χ3v) is 6.08. The number of nitrogens with one attached hydrogen (secondary N) is 1. The Hall–Kier alpha value is -4.60. The molecule has 0 aliphatic rings. The van der Waals surface area contributed by atoms with Crippen LogP contribution in [0.3, 0.4) is 0 Å². The summed E-state index contributed by atoms with van der Waals surface area (Å²) in [6, 6.07) is 18.6. The summed E-state index contributed by atoms with van der Waals surface area (Å²) in [5.74, 6) is 0.796. The summed E-state index contributed by atoms with van der Waals surface area (Å²) in [7, 11) is 3.07. The molecule has 1 atom stereocenters. The molecule has 0 fully saturated rings. The molecule has 4 aromatic rings. The molecule has 0 saturated heterocycles. The normalized spacial score (nSPS) is 12.1. The van der Waals surface area contributed by atoms with Gasteiger partial charge in [0.05, 0.1) is 26.3 Å². The van der Waals surface area contributed by atoms with Crippen molar-refractivity contribution in [1.29, 1.82) is 0 Å². The Bertz CT molecular complexity index is 1470. The minimum Gasteiger partial charge on any atom is -0.497 e. The Balaban J connectivity index is 1.90. The first-order valence-corrected chi connectivity index (χ1v) is 13.0. The summed E-state index contributed by atoms with van der Waals surface area (Å²) >= 11 is 0. The van der Waals surface area contributed by atoms with E-state index in [4.69, 9.17) is 14.2 Å². The van der Waals surface area contributed by atoms with Crippen LogP contribution in [0.5, 0.6) is 17.2 Å². The summed E-state index contributed by atoms with van der Waals surface area (Å²) in [6.07, 6.45) is 0. The molecular weight excluding hydrogens is 510 g/mol. The van der Waals surface area contributed by atoms with Crippen molar-refractivity contribution in [3.8, 4) is 17.2 Å². The lowest BCUT2D eigenvalue weighted by atomic mass is 10.00. The minimum absolute atomic E-state index is 0.153. The molecule has 1 heterocycles. The molecule has 40 heavy (non-hydrogen) atoms. The van der Waals surface area contributed by atoms with Crippen molar-refractivity contribution in [2.24, 2.45) is 0 Å². The van der Waals surface area contributed by atoms with Gasteiger partial charge in [0.1, 0.15) is 35.4 Å². The zero-order chi connectivity index (χ0) is 28.9. The number of hydrogen-bond acceptors (Lipinski definition) is 7. The van der Waals surface area contributed by atoms with Gasteiger partial charge in [-0.25, -0.2) is 4.68 Å². The summed E-state index contributed by atoms with van der Waals surface area (Å²) in [6.45, 7) is 7.84. The van der Waals surface area contributed by atoms with E-state index < -0.39 is 11.6 Å². The van der Waals surface area contributed by atoms with Crippen LogP contribution >= 0.6 is 0 Å². The van der Waals surface area contributed by atoms with Gasteiger partial charge in [-0.05, 0) is 69.7 Å². The van der Waals surface area contributed by atoms with Crippen LogP contribution in [0.15, 0.2) is 66.7 Å². The fourth-order valence-corrected chi connectivity index (χ4v) is 4.41. The lowest BCUT2D eigenvalue weighted by molar-refractivity contribution is -0.128. The first-order chi connectivity index (χ1) is 19.1. The number of benzene rings is 3. The summed E-state index contributed by atoms with van der Waals surface area (Å²) < 4.78 is 18.3. The fourth-order valence-electron chi connectivity index (χ4n) is 4.41. The van der Waals surface area contributed by atoms with E-state index in [9.17, 15) is 9.59 Å². The van der Waals surface area contributed by atoms with E-state index in [1.54, 1.807) is 42.5 Å². The molecule has 0 aliphatic heterocycles. The lowest BCUT2D eigenvalue weighted by Crippen LogP contribution is -2.50. The SMILES string of the molecule is CCOc1cccc(N(C(=O)Cn2nnc3ccccc32)C(C(=O)NC(C)(C)C)c2cc(OC)cc(OC)c2)c1. The Kier molecular flexibility index (Phi) is 8.57. The standard InChI is InChI=1S/C30H35N5O5/c1-7-40-22-12-10-11-21(17-22)35(27(36)19-34-26-14-9-8-13-25(26)32-33-34)28(29(37)31-30(2,3)4)20-15-23(38-5)18-24(16-20)39-6/h8-18,28H,7,19H2,1-6H3,(H,31,37). The molecule has 1 N–H and O–H groups in total. The van der Waals surface area contributed by atoms with Crippen LogP contribution in [0, 0.1) is 0 Å². The molecule has 210 valence electrons. The second-order valence-corrected chi connectivity index (χ2v) is 10.2. The van der Waals surface area contributed by atoms with Crippen LogP contribution in [-0.2, 0) is 16.1 Å². The zero-order valence-corrected chi connectivity index (χ0v) is 23.7. The Morgan fingerprint density at radius 2 is 1.65 bits per heavy atom. The number of fused-ring (bicyclic) bond motifs is 1. The van der Waals surface area contributed by atoms with Gasteiger partial charge in [-0.1, -0.05) is 23.4 Å². The highest BCUT2D eigenvalue weighted by Gasteiger charge is 2.35. The van der Waals surface area contributed by atoms with Crippen molar-refractivity contribution >= 4 is 28.5 Å². The molecule has 4 rings (SSSR count). The van der Waals surface area contributed by atoms with Crippen LogP contribution in [0.2, 0.25) is 0 Å². The molecule has 0 radical (unpaired) electrons. The average molecular weight is 546 g/mol. The van der Waals surface area contributed by atoms with Gasteiger partial charge >= 0.3 is 0 Å². The number of methoxy groups -OCH3 is 2. The van der Waals surface area contributed by atoms with Crippen molar-refractivity contribution in [3.63, 3.8) is 0 Å². The van der Waals surface area contributed by atoms with Gasteiger partial charge in [-0.15, -0.1) is 5.10 Å². The van der Waals surface area contributed by atoms with Crippen LogP contribution < -0.4 is 24.4 Å². The van der Waals surface area contributed by atoms with Crippen LogP contribution in [0.25, 0.3) is 11.0 Å². The average Bonchev–Trinajstić information content (AvgIpc) is 3.33. The minimum atomic E-state index is -1.08. The maximum absolute atomic E-state index is 14.3. The molecular formula is C30H35N5O5. The van der Waals surface area contributed by atoms with Crippen molar-refractivity contribution in [2.75, 3.05) is 25.7 Å². The van der Waals surface area contributed by atoms with E-state index >= 15 is 0 Å². The van der Waals surface area contributed by atoms with Crippen molar-refractivity contribution in [1.82, 2.24) is 20.3 Å². The first-order valence-electron chi connectivity index (χ1n) is 13.0. The number of hydrogen-bond donors (Lipinski definition) is 1. The number of para-hydroxylation sites is 1. The van der Waals surface area contributed by atoms with Crippen LogP contribution in [0.4, 0.5) is 5.69 Å². The summed E-state index contributed by atoms with van der Waals surface area (Å²) in [5.41, 5.74) is 1.80. The predicted molar refractivity (Wildman–Crippen MR) is 153 cm³/mol. The molecule has 0 saturated carbocycles. The third kappa shape index (κ3) is 6.51. The second kappa shape index (κ2) is 12.1. The molecule has 2 amide bonds. The van der Waals surface area contributed by atoms with Crippen LogP contribution in [-0.4, -0.2) is 53.2 Å². The fraction of sp³-hybridized carbons (Fsp3) is 0.333. The van der Waals surface area contributed by atoms with Gasteiger partial charge in [0.2, 0.25) is 11.8 Å². The summed E-state index contributed by atoms with van der Waals surface area (Å²) in [5, 5.41) is 11.4. The molecule has 3 aromatic carbocycles. The Morgan fingerprint density at radius 3 is 2.30 bits per heavy atom. The third-order valence-electron chi connectivity index (χ3n) is 6.08. The zero-order valence-electron chi connectivity index (χ0n) is 23.7. The predicted octanol–water partition coefficient (Wildman–Crippen LogP) is 4.54. The van der Waals surface area contributed by atoms with E-state index in [0.717, 1.165) is 0 Å². The molecule has 0 aliphatic carbocycles. The number of carbonyl (C=O) groups excluding carboxylic acids is 2. The monoisotopic (exact) mass is 545 g/mol. The number of carbonyl (C=O) groups is 2. The number of ether oxygens (including phenoxy) is 3. The van der Waals surface area contributed by atoms with Crippen molar-refractivity contribution in [2.45, 2.75) is 45.8 Å². The topological polar surface area (TPSA) is 108 Å². The van der Waals surface area contributed by atoms with Gasteiger partial charge in [0.25, 0.3) is 0 Å². The molecule has 10 heteroatoms. The highest BCUT2D eigenvalue weighted by Crippen LogP contribution is 2.35. The van der Waals surface area contributed by atoms with Crippen molar-refractivity contribution < 1.29 is 23.8 Å². The Labute approximate surface area is 233 Å². The number of anilines is 1. The summed E-state index contributed by atoms with van der Waals surface area (Å²) in [4.78, 5) is 29.8. The molecule has 1 unspecified atom stereocenters. The number of nitrogens with zero attached hydrogens (tertiary/aromatic N) is 4. The van der Waals surface area contributed by atoms with E-state index in [1.165, 1.54) is 23.8 Å². The number of rotatable bonds is 10. The lowest BCUT2D eigenvalue weighted by Gasteiger charge is -2.34. The largest absolute Gasteiger partial charge is 0.497 e. The maximum atomic E-state index is 14.3. The van der Waals surface area contributed by atoms with E-state index in [-0.39, 0.29) is 18.4 Å². The van der Waals surface area contributed by atoms with Gasteiger partial charge in [-0.3, -0.25) is 14.5 Å². The smallest absolute Gasteiger partial charge is 0.249 e. The van der Waals surface area contributed by atoms with Gasteiger partial charge in [0.15, 0.2) is 0 Å². The number of amides is 2. The Morgan fingerprint density at radius 1 is 0.950 bits per heavy atom. The van der Waals surface area contributed by atoms with Crippen molar-refractivity contribution in [3.05, 3.63) is 72.3 Å². The van der Waals surface area contributed by atoms with Gasteiger partial charge < -0.3 is 19.5 Å². The molecule has 0 spiro atoms. The van der Waals surface area contributed by atoms with E-state index in [2.05, 4.69) is 15.6 Å². The highest BCUT2D eigenvalue weighted by molar-refractivity contribution is 6.02. The van der Waals surface area contributed by atoms with Gasteiger partial charge in [-0.2, -0.15) is 0 Å². The maximum Gasteiger partial charge on any atom is 0.249 e. The quantitative estimate of drug-likeness (QED) is 0.312. The van der Waals surface area contributed by atoms with Gasteiger partial charge in [0, 0.05) is 23.4 Å². The second-order valence-electron chi connectivity index (χ2n) is 10.2. The van der Waals surface area contributed by atoms with E-state index in [0.29, 0.717) is 46.1 Å². The van der Waals surface area contributed by atoms with Crippen LogP contribution in [0.1, 0.15) is 39.3 Å². The molecule has 1 aromatic heterocycles. The first kappa shape index (κ1) is 28.4. The molecule has 10 nitrogen and oxygen atoms in total. The highest BCUT2D eigenvalue weighted by atomic mass is 16.5.